The summed E-state index contributed by atoms with van der Waals surface area (Å²) in [4.78, 5) is 17.2. The fourth-order valence-corrected chi connectivity index (χ4v) is 4.08. The third kappa shape index (κ3) is 5.00. The molecule has 4 rings (SSSR count). The Bertz CT molecular complexity index is 618. The molecule has 6 heteroatoms. The molecule has 1 aromatic carbocycles. The van der Waals surface area contributed by atoms with Crippen LogP contribution < -0.4 is 4.74 Å². The number of amides is 1. The largest absolute Gasteiger partial charge is 0.491 e. The van der Waals surface area contributed by atoms with Crippen LogP contribution in [0, 0.1) is 0 Å². The molecule has 0 aromatic heterocycles. The summed E-state index contributed by atoms with van der Waals surface area (Å²) in [5.74, 6) is 0.836. The lowest BCUT2D eigenvalue weighted by Crippen LogP contribution is -2.50. The average molecular weight is 374 g/mol. The lowest BCUT2D eigenvalue weighted by molar-refractivity contribution is 0.0432. The molecule has 1 aromatic rings. The highest BCUT2D eigenvalue weighted by atomic mass is 16.5. The van der Waals surface area contributed by atoms with Crippen molar-refractivity contribution in [2.45, 2.75) is 37.9 Å². The number of rotatable bonds is 6. The topological polar surface area (TPSA) is 51.2 Å². The van der Waals surface area contributed by atoms with Gasteiger partial charge in [0.15, 0.2) is 0 Å². The van der Waals surface area contributed by atoms with E-state index in [1.165, 1.54) is 6.42 Å². The Labute approximate surface area is 161 Å². The van der Waals surface area contributed by atoms with Gasteiger partial charge >= 0.3 is 0 Å². The van der Waals surface area contributed by atoms with Crippen LogP contribution in [-0.4, -0.2) is 80.5 Å². The van der Waals surface area contributed by atoms with E-state index in [1.807, 2.05) is 29.2 Å². The molecule has 1 amide bonds. The van der Waals surface area contributed by atoms with E-state index in [0.29, 0.717) is 18.3 Å². The van der Waals surface area contributed by atoms with Crippen molar-refractivity contribution in [3.8, 4) is 5.75 Å². The standard InChI is InChI=1S/C21H30N2O4/c24-21(23-10-8-22(9-11-23)15-19-6-2-12-25-19)17-4-1-5-18(14-17)27-16-20-7-3-13-26-20/h1,4-5,14,19-20H,2-3,6-13,15-16H2. The number of benzene rings is 1. The Kier molecular flexibility index (Phi) is 6.27. The van der Waals surface area contributed by atoms with Crippen molar-refractivity contribution in [1.82, 2.24) is 9.80 Å². The zero-order chi connectivity index (χ0) is 18.5. The average Bonchev–Trinajstić information content (AvgIpc) is 3.41. The van der Waals surface area contributed by atoms with Crippen LogP contribution >= 0.6 is 0 Å². The predicted molar refractivity (Wildman–Crippen MR) is 102 cm³/mol. The number of piperazine rings is 1. The normalized spacial score (nSPS) is 26.4. The molecule has 2 unspecified atom stereocenters. The molecule has 0 aliphatic carbocycles. The van der Waals surface area contributed by atoms with E-state index in [0.717, 1.165) is 70.9 Å². The lowest BCUT2D eigenvalue weighted by atomic mass is 10.1. The van der Waals surface area contributed by atoms with Crippen LogP contribution in [-0.2, 0) is 9.47 Å². The van der Waals surface area contributed by atoms with Crippen LogP contribution in [0.5, 0.6) is 5.75 Å². The predicted octanol–water partition coefficient (Wildman–Crippen LogP) is 2.18. The first-order valence-electron chi connectivity index (χ1n) is 10.3. The van der Waals surface area contributed by atoms with Crippen LogP contribution in [0.15, 0.2) is 24.3 Å². The molecule has 0 radical (unpaired) electrons. The molecule has 0 spiro atoms. The summed E-state index contributed by atoms with van der Waals surface area (Å²) in [6.07, 6.45) is 5.05. The molecular formula is C21H30N2O4. The smallest absolute Gasteiger partial charge is 0.254 e. The minimum absolute atomic E-state index is 0.0920. The number of hydrogen-bond acceptors (Lipinski definition) is 5. The molecule has 0 bridgehead atoms. The molecule has 3 fully saturated rings. The Morgan fingerprint density at radius 1 is 1.04 bits per heavy atom. The van der Waals surface area contributed by atoms with Crippen LogP contribution in [0.2, 0.25) is 0 Å². The van der Waals surface area contributed by atoms with E-state index >= 15 is 0 Å². The van der Waals surface area contributed by atoms with Gasteiger partial charge in [-0.25, -0.2) is 0 Å². The molecule has 3 aliphatic heterocycles. The van der Waals surface area contributed by atoms with E-state index in [-0.39, 0.29) is 12.0 Å². The Balaban J connectivity index is 1.27. The molecule has 3 saturated heterocycles. The minimum atomic E-state index is 0.0920. The van der Waals surface area contributed by atoms with Crippen LogP contribution in [0.4, 0.5) is 0 Å². The van der Waals surface area contributed by atoms with Crippen molar-refractivity contribution in [3.63, 3.8) is 0 Å². The Morgan fingerprint density at radius 2 is 1.78 bits per heavy atom. The van der Waals surface area contributed by atoms with Crippen LogP contribution in [0.25, 0.3) is 0 Å². The van der Waals surface area contributed by atoms with E-state index < -0.39 is 0 Å². The van der Waals surface area contributed by atoms with Gasteiger partial charge < -0.3 is 19.1 Å². The first-order chi connectivity index (χ1) is 13.3. The monoisotopic (exact) mass is 374 g/mol. The second-order valence-corrected chi connectivity index (χ2v) is 7.70. The van der Waals surface area contributed by atoms with Crippen molar-refractivity contribution in [2.24, 2.45) is 0 Å². The van der Waals surface area contributed by atoms with E-state index in [9.17, 15) is 4.79 Å². The maximum absolute atomic E-state index is 12.9. The van der Waals surface area contributed by atoms with E-state index in [4.69, 9.17) is 14.2 Å². The molecule has 0 N–H and O–H groups in total. The fourth-order valence-electron chi connectivity index (χ4n) is 4.08. The Morgan fingerprint density at radius 3 is 2.48 bits per heavy atom. The molecule has 6 nitrogen and oxygen atoms in total. The second-order valence-electron chi connectivity index (χ2n) is 7.70. The maximum Gasteiger partial charge on any atom is 0.254 e. The fraction of sp³-hybridized carbons (Fsp3) is 0.667. The number of nitrogens with zero attached hydrogens (tertiary/aromatic N) is 2. The maximum atomic E-state index is 12.9. The molecular weight excluding hydrogens is 344 g/mol. The van der Waals surface area contributed by atoms with Gasteiger partial charge in [0.2, 0.25) is 0 Å². The lowest BCUT2D eigenvalue weighted by Gasteiger charge is -2.35. The second kappa shape index (κ2) is 9.04. The summed E-state index contributed by atoms with van der Waals surface area (Å²) in [5.41, 5.74) is 0.701. The van der Waals surface area contributed by atoms with E-state index in [1.54, 1.807) is 0 Å². The van der Waals surface area contributed by atoms with Gasteiger partial charge in [-0.3, -0.25) is 9.69 Å². The van der Waals surface area contributed by atoms with Crippen molar-refractivity contribution in [2.75, 3.05) is 52.5 Å². The Hall–Kier alpha value is -1.63. The van der Waals surface area contributed by atoms with Gasteiger partial charge in [0.25, 0.3) is 5.91 Å². The highest BCUT2D eigenvalue weighted by molar-refractivity contribution is 5.94. The van der Waals surface area contributed by atoms with Gasteiger partial charge in [-0.1, -0.05) is 6.07 Å². The number of hydrogen-bond donors (Lipinski definition) is 0. The van der Waals surface area contributed by atoms with Crippen LogP contribution in [0.3, 0.4) is 0 Å². The van der Waals surface area contributed by atoms with Crippen molar-refractivity contribution in [1.29, 1.82) is 0 Å². The molecule has 27 heavy (non-hydrogen) atoms. The molecule has 2 atom stereocenters. The third-order valence-corrected chi connectivity index (χ3v) is 5.69. The summed E-state index contributed by atoms with van der Waals surface area (Å²) in [5, 5.41) is 0. The number of ether oxygens (including phenoxy) is 3. The molecule has 3 heterocycles. The number of carbonyl (C=O) groups is 1. The highest BCUT2D eigenvalue weighted by Gasteiger charge is 2.25. The van der Waals surface area contributed by atoms with Gasteiger partial charge in [-0.2, -0.15) is 0 Å². The third-order valence-electron chi connectivity index (χ3n) is 5.69. The summed E-state index contributed by atoms with van der Waals surface area (Å²) in [6.45, 7) is 6.65. The summed E-state index contributed by atoms with van der Waals surface area (Å²) < 4.78 is 17.2. The SMILES string of the molecule is O=C(c1cccc(OCC2CCCO2)c1)N1CCN(CC2CCCO2)CC1. The molecule has 0 saturated carbocycles. The zero-order valence-electron chi connectivity index (χ0n) is 16.0. The van der Waals surface area contributed by atoms with Gasteiger partial charge in [-0.05, 0) is 43.9 Å². The molecule has 3 aliphatic rings. The summed E-state index contributed by atoms with van der Waals surface area (Å²) >= 11 is 0. The number of carbonyl (C=O) groups excluding carboxylic acids is 1. The summed E-state index contributed by atoms with van der Waals surface area (Å²) in [7, 11) is 0. The van der Waals surface area contributed by atoms with E-state index in [2.05, 4.69) is 4.90 Å². The first-order valence-corrected chi connectivity index (χ1v) is 10.3. The van der Waals surface area contributed by atoms with Crippen molar-refractivity contribution < 1.29 is 19.0 Å². The minimum Gasteiger partial charge on any atom is -0.491 e. The quantitative estimate of drug-likeness (QED) is 0.764. The first kappa shape index (κ1) is 18.7. The summed E-state index contributed by atoms with van der Waals surface area (Å²) in [6, 6.07) is 7.53. The van der Waals surface area contributed by atoms with Gasteiger partial charge in [0.05, 0.1) is 12.2 Å². The highest BCUT2D eigenvalue weighted by Crippen LogP contribution is 2.19. The van der Waals surface area contributed by atoms with Gasteiger partial charge in [0, 0.05) is 51.5 Å². The zero-order valence-corrected chi connectivity index (χ0v) is 16.0. The van der Waals surface area contributed by atoms with Gasteiger partial charge in [0.1, 0.15) is 12.4 Å². The van der Waals surface area contributed by atoms with Crippen molar-refractivity contribution in [3.05, 3.63) is 29.8 Å². The van der Waals surface area contributed by atoms with Gasteiger partial charge in [-0.15, -0.1) is 0 Å². The van der Waals surface area contributed by atoms with Crippen molar-refractivity contribution >= 4 is 5.91 Å². The molecule has 148 valence electrons. The van der Waals surface area contributed by atoms with Crippen LogP contribution in [0.1, 0.15) is 36.0 Å².